The fourth-order valence-electron chi connectivity index (χ4n) is 3.00. The summed E-state index contributed by atoms with van der Waals surface area (Å²) >= 11 is 0. The van der Waals surface area contributed by atoms with E-state index in [2.05, 4.69) is 20.5 Å². The molecule has 2 N–H and O–H groups in total. The lowest BCUT2D eigenvalue weighted by Crippen LogP contribution is -2.27. The first kappa shape index (κ1) is 17.7. The van der Waals surface area contributed by atoms with Crippen LogP contribution in [0.3, 0.4) is 0 Å². The number of carbonyl (C=O) groups is 1. The van der Waals surface area contributed by atoms with Crippen LogP contribution < -0.4 is 15.6 Å². The minimum Gasteiger partial charge on any atom is -0.493 e. The zero-order valence-corrected chi connectivity index (χ0v) is 15.2. The number of amides is 1. The van der Waals surface area contributed by atoms with Crippen molar-refractivity contribution in [2.75, 3.05) is 6.61 Å². The molecule has 2 aliphatic carbocycles. The van der Waals surface area contributed by atoms with Crippen LogP contribution in [0.25, 0.3) is 11.4 Å². The van der Waals surface area contributed by atoms with Gasteiger partial charge in [-0.3, -0.25) is 9.59 Å². The number of hydrogen-bond donors (Lipinski definition) is 2. The summed E-state index contributed by atoms with van der Waals surface area (Å²) in [6.07, 6.45) is 6.44. The summed E-state index contributed by atoms with van der Waals surface area (Å²) in [5.74, 6) is 1.88. The average Bonchev–Trinajstić information content (AvgIpc) is 3.44. The second kappa shape index (κ2) is 7.90. The number of nitrogens with one attached hydrogen (secondary N) is 2. The maximum atomic E-state index is 12.2. The molecule has 0 unspecified atom stereocenters. The molecule has 0 aliphatic heterocycles. The van der Waals surface area contributed by atoms with Crippen molar-refractivity contribution in [1.29, 1.82) is 0 Å². The Balaban J connectivity index is 1.34. The van der Waals surface area contributed by atoms with Gasteiger partial charge in [-0.05, 0) is 55.9 Å². The molecule has 4 rings (SSSR count). The number of rotatable bonds is 8. The first-order valence-electron chi connectivity index (χ1n) is 9.66. The number of aromatic amines is 1. The highest BCUT2D eigenvalue weighted by molar-refractivity contribution is 5.76. The Hall–Kier alpha value is -2.70. The number of ether oxygens (including phenoxy) is 1. The van der Waals surface area contributed by atoms with Gasteiger partial charge in [0.2, 0.25) is 5.91 Å². The smallest absolute Gasteiger partial charge is 0.273 e. The van der Waals surface area contributed by atoms with E-state index in [1.807, 2.05) is 24.3 Å². The molecule has 142 valence electrons. The van der Waals surface area contributed by atoms with Crippen molar-refractivity contribution < 1.29 is 9.53 Å². The van der Waals surface area contributed by atoms with Gasteiger partial charge < -0.3 is 15.0 Å². The molecule has 27 heavy (non-hydrogen) atoms. The second-order valence-corrected chi connectivity index (χ2v) is 7.42. The van der Waals surface area contributed by atoms with Crippen LogP contribution in [0.4, 0.5) is 0 Å². The van der Waals surface area contributed by atoms with Crippen molar-refractivity contribution in [2.45, 2.75) is 51.0 Å². The maximum Gasteiger partial charge on any atom is 0.273 e. The number of nitrogens with zero attached hydrogens (tertiary/aromatic N) is 2. The molecule has 1 aromatic heterocycles. The molecule has 2 saturated carbocycles. The lowest BCUT2D eigenvalue weighted by Gasteiger charge is -2.25. The summed E-state index contributed by atoms with van der Waals surface area (Å²) in [6, 6.07) is 7.80. The van der Waals surface area contributed by atoms with Crippen molar-refractivity contribution in [2.24, 2.45) is 5.92 Å². The Morgan fingerprint density at radius 1 is 1.15 bits per heavy atom. The first-order valence-corrected chi connectivity index (χ1v) is 9.66. The van der Waals surface area contributed by atoms with Gasteiger partial charge in [0.15, 0.2) is 5.82 Å². The van der Waals surface area contributed by atoms with Crippen molar-refractivity contribution >= 4 is 5.91 Å². The van der Waals surface area contributed by atoms with Gasteiger partial charge in [-0.25, -0.2) is 0 Å². The third kappa shape index (κ3) is 4.72. The molecule has 2 aromatic rings. The SMILES string of the molecule is O=C(CCc1nnc(-c2ccc(OCC3CCC3)cc2)[nH]c1=O)NC1CC1. The molecule has 2 aliphatic rings. The molecule has 7 nitrogen and oxygen atoms in total. The Morgan fingerprint density at radius 3 is 2.56 bits per heavy atom. The van der Waals surface area contributed by atoms with Crippen molar-refractivity contribution in [3.63, 3.8) is 0 Å². The second-order valence-electron chi connectivity index (χ2n) is 7.42. The third-order valence-corrected chi connectivity index (χ3v) is 5.13. The van der Waals surface area contributed by atoms with E-state index in [-0.39, 0.29) is 30.0 Å². The van der Waals surface area contributed by atoms with E-state index >= 15 is 0 Å². The van der Waals surface area contributed by atoms with Crippen LogP contribution in [0.5, 0.6) is 5.75 Å². The van der Waals surface area contributed by atoms with Gasteiger partial charge in [-0.1, -0.05) is 6.42 Å². The molecule has 1 aromatic carbocycles. The monoisotopic (exact) mass is 368 g/mol. The summed E-state index contributed by atoms with van der Waals surface area (Å²) in [4.78, 5) is 26.7. The summed E-state index contributed by atoms with van der Waals surface area (Å²) < 4.78 is 5.78. The topological polar surface area (TPSA) is 97.0 Å². The van der Waals surface area contributed by atoms with E-state index in [9.17, 15) is 9.59 Å². The van der Waals surface area contributed by atoms with E-state index < -0.39 is 0 Å². The van der Waals surface area contributed by atoms with E-state index in [0.29, 0.717) is 17.8 Å². The maximum absolute atomic E-state index is 12.2. The molecule has 1 amide bonds. The van der Waals surface area contributed by atoms with Crippen molar-refractivity contribution in [3.05, 3.63) is 40.3 Å². The Labute approximate surface area is 157 Å². The van der Waals surface area contributed by atoms with Gasteiger partial charge in [0.25, 0.3) is 5.56 Å². The molecule has 0 radical (unpaired) electrons. The lowest BCUT2D eigenvalue weighted by molar-refractivity contribution is -0.121. The molecule has 0 saturated heterocycles. The van der Waals surface area contributed by atoms with Crippen LogP contribution >= 0.6 is 0 Å². The summed E-state index contributed by atoms with van der Waals surface area (Å²) in [5, 5.41) is 11.0. The standard InChI is InChI=1S/C20H24N4O3/c25-18(21-15-6-7-15)11-10-17-20(26)22-19(24-23-17)14-4-8-16(9-5-14)27-12-13-2-1-3-13/h4-5,8-9,13,15H,1-3,6-7,10-12H2,(H,21,25)(H,22,24,26). The van der Waals surface area contributed by atoms with Gasteiger partial charge in [0.05, 0.1) is 6.61 Å². The van der Waals surface area contributed by atoms with E-state index in [0.717, 1.165) is 30.8 Å². The number of hydrogen-bond acceptors (Lipinski definition) is 5. The van der Waals surface area contributed by atoms with Crippen molar-refractivity contribution in [3.8, 4) is 17.1 Å². The minimum absolute atomic E-state index is 0.0414. The van der Waals surface area contributed by atoms with Gasteiger partial charge in [-0.15, -0.1) is 10.2 Å². The molecular weight excluding hydrogens is 344 g/mol. The Morgan fingerprint density at radius 2 is 1.93 bits per heavy atom. The van der Waals surface area contributed by atoms with E-state index in [1.165, 1.54) is 19.3 Å². The van der Waals surface area contributed by atoms with Crippen LogP contribution in [-0.4, -0.2) is 33.7 Å². The number of aromatic nitrogens is 3. The minimum atomic E-state index is -0.301. The van der Waals surface area contributed by atoms with Crippen LogP contribution in [0.15, 0.2) is 29.1 Å². The quantitative estimate of drug-likeness (QED) is 0.745. The highest BCUT2D eigenvalue weighted by atomic mass is 16.5. The van der Waals surface area contributed by atoms with Crippen LogP contribution in [0, 0.1) is 5.92 Å². The lowest BCUT2D eigenvalue weighted by atomic mass is 9.86. The largest absolute Gasteiger partial charge is 0.493 e. The average molecular weight is 368 g/mol. The number of benzene rings is 1. The van der Waals surface area contributed by atoms with Gasteiger partial charge in [-0.2, -0.15) is 0 Å². The van der Waals surface area contributed by atoms with Crippen LogP contribution in [0.1, 0.15) is 44.2 Å². The van der Waals surface area contributed by atoms with Gasteiger partial charge in [0.1, 0.15) is 11.4 Å². The fraction of sp³-hybridized carbons (Fsp3) is 0.500. The molecule has 1 heterocycles. The molecule has 2 fully saturated rings. The normalized spacial score (nSPS) is 16.6. The van der Waals surface area contributed by atoms with E-state index in [4.69, 9.17) is 4.74 Å². The van der Waals surface area contributed by atoms with Gasteiger partial charge >= 0.3 is 0 Å². The fourth-order valence-corrected chi connectivity index (χ4v) is 3.00. The van der Waals surface area contributed by atoms with Crippen LogP contribution in [0.2, 0.25) is 0 Å². The summed E-state index contributed by atoms with van der Waals surface area (Å²) in [7, 11) is 0. The molecule has 7 heteroatoms. The molecule has 0 spiro atoms. The Bertz CT molecular complexity index is 854. The predicted molar refractivity (Wildman–Crippen MR) is 100 cm³/mol. The molecular formula is C20H24N4O3. The summed E-state index contributed by atoms with van der Waals surface area (Å²) in [6.45, 7) is 0.763. The zero-order valence-electron chi connectivity index (χ0n) is 15.2. The zero-order chi connectivity index (χ0) is 18.6. The Kier molecular flexibility index (Phi) is 5.18. The number of carbonyl (C=O) groups excluding carboxylic acids is 1. The number of aryl methyl sites for hydroxylation is 1. The summed E-state index contributed by atoms with van der Waals surface area (Å²) in [5.41, 5.74) is 0.753. The molecule has 0 bridgehead atoms. The van der Waals surface area contributed by atoms with E-state index in [1.54, 1.807) is 0 Å². The van der Waals surface area contributed by atoms with Gasteiger partial charge in [0, 0.05) is 24.4 Å². The van der Waals surface area contributed by atoms with Crippen molar-refractivity contribution in [1.82, 2.24) is 20.5 Å². The highest BCUT2D eigenvalue weighted by Crippen LogP contribution is 2.27. The third-order valence-electron chi connectivity index (χ3n) is 5.13. The van der Waals surface area contributed by atoms with Crippen LogP contribution in [-0.2, 0) is 11.2 Å². The predicted octanol–water partition coefficient (Wildman–Crippen LogP) is 2.22. The first-order chi connectivity index (χ1) is 13.2. The number of H-pyrrole nitrogens is 1. The molecule has 0 atom stereocenters. The highest BCUT2D eigenvalue weighted by Gasteiger charge is 2.23.